The molecule has 9 nitrogen and oxygen atoms in total. The van der Waals surface area contributed by atoms with Crippen LogP contribution in [0.3, 0.4) is 0 Å². The zero-order valence-electron chi connectivity index (χ0n) is 19.1. The Morgan fingerprint density at radius 3 is 2.50 bits per heavy atom. The minimum Gasteiger partial charge on any atom is -0.379 e. The first-order chi connectivity index (χ1) is 16.3. The maximum Gasteiger partial charge on any atom is 0.244 e. The molecule has 10 heteroatoms. The molecule has 0 atom stereocenters. The Balaban J connectivity index is 1.43. The van der Waals surface area contributed by atoms with Crippen molar-refractivity contribution in [3.8, 4) is 0 Å². The Labute approximate surface area is 200 Å². The molecule has 0 unspecified atom stereocenters. The van der Waals surface area contributed by atoms with Crippen LogP contribution in [-0.2, 0) is 30.9 Å². The van der Waals surface area contributed by atoms with Crippen molar-refractivity contribution < 1.29 is 22.7 Å². The van der Waals surface area contributed by atoms with E-state index in [1.807, 2.05) is 24.3 Å². The number of hydrogen-bond donors (Lipinski definition) is 3. The summed E-state index contributed by atoms with van der Waals surface area (Å²) in [6.45, 7) is 4.14. The summed E-state index contributed by atoms with van der Waals surface area (Å²) in [7, 11) is -3.33. The highest BCUT2D eigenvalue weighted by molar-refractivity contribution is 7.92. The number of morpholine rings is 1. The molecule has 0 aliphatic carbocycles. The van der Waals surface area contributed by atoms with Gasteiger partial charge in [-0.2, -0.15) is 0 Å². The van der Waals surface area contributed by atoms with Crippen molar-refractivity contribution in [2.75, 3.05) is 49.1 Å². The summed E-state index contributed by atoms with van der Waals surface area (Å²) < 4.78 is 30.2. The first kappa shape index (κ1) is 25.4. The Morgan fingerprint density at radius 1 is 1.06 bits per heavy atom. The van der Waals surface area contributed by atoms with E-state index in [2.05, 4.69) is 20.3 Å². The number of ether oxygens (including phenoxy) is 1. The third kappa shape index (κ3) is 9.34. The minimum absolute atomic E-state index is 0.0478. The third-order valence-electron chi connectivity index (χ3n) is 5.08. The van der Waals surface area contributed by atoms with Gasteiger partial charge in [-0.3, -0.25) is 19.2 Å². The van der Waals surface area contributed by atoms with Gasteiger partial charge in [0.15, 0.2) is 0 Å². The van der Waals surface area contributed by atoms with Crippen LogP contribution in [0.5, 0.6) is 0 Å². The maximum absolute atomic E-state index is 12.3. The van der Waals surface area contributed by atoms with Crippen molar-refractivity contribution in [1.82, 2.24) is 10.2 Å². The van der Waals surface area contributed by atoms with E-state index in [4.69, 9.17) is 4.74 Å². The van der Waals surface area contributed by atoms with Crippen LogP contribution in [0.15, 0.2) is 54.6 Å². The quantitative estimate of drug-likeness (QED) is 0.443. The lowest BCUT2D eigenvalue weighted by Gasteiger charge is -2.26. The highest BCUT2D eigenvalue weighted by atomic mass is 32.2. The van der Waals surface area contributed by atoms with Gasteiger partial charge < -0.3 is 15.4 Å². The zero-order valence-corrected chi connectivity index (χ0v) is 19.9. The summed E-state index contributed by atoms with van der Waals surface area (Å²) in [6.07, 6.45) is 4.56. The van der Waals surface area contributed by atoms with Crippen LogP contribution in [0.25, 0.3) is 6.08 Å². The SMILES string of the molecule is CS(=O)(=O)Nc1ccc(C=CC(=O)NCc2cccc(NC(=O)CCN3CCOCC3)c2)cc1. The molecule has 0 saturated carbocycles. The highest BCUT2D eigenvalue weighted by Gasteiger charge is 2.12. The largest absolute Gasteiger partial charge is 0.379 e. The van der Waals surface area contributed by atoms with Crippen LogP contribution in [0, 0.1) is 0 Å². The van der Waals surface area contributed by atoms with Crippen LogP contribution in [0.4, 0.5) is 11.4 Å². The molecule has 1 heterocycles. The van der Waals surface area contributed by atoms with Crippen molar-refractivity contribution in [3.05, 3.63) is 65.7 Å². The molecule has 3 rings (SSSR count). The van der Waals surface area contributed by atoms with Crippen molar-refractivity contribution in [2.24, 2.45) is 0 Å². The number of amides is 2. The van der Waals surface area contributed by atoms with Gasteiger partial charge in [0.25, 0.3) is 0 Å². The van der Waals surface area contributed by atoms with E-state index in [0.29, 0.717) is 44.1 Å². The van der Waals surface area contributed by atoms with Gasteiger partial charge >= 0.3 is 0 Å². The molecule has 1 aliphatic rings. The van der Waals surface area contributed by atoms with Gasteiger partial charge in [-0.25, -0.2) is 8.42 Å². The lowest BCUT2D eigenvalue weighted by Crippen LogP contribution is -2.38. The molecule has 0 bridgehead atoms. The van der Waals surface area contributed by atoms with E-state index in [0.717, 1.165) is 30.5 Å². The van der Waals surface area contributed by atoms with Gasteiger partial charge in [-0.1, -0.05) is 24.3 Å². The Hall–Kier alpha value is -3.21. The predicted octanol–water partition coefficient (Wildman–Crippen LogP) is 2.05. The fraction of sp³-hybridized carbons (Fsp3) is 0.333. The molecule has 0 radical (unpaired) electrons. The molecule has 2 amide bonds. The second kappa shape index (κ2) is 12.3. The Bertz CT molecular complexity index is 1110. The van der Waals surface area contributed by atoms with Gasteiger partial charge in [0.1, 0.15) is 0 Å². The van der Waals surface area contributed by atoms with E-state index in [9.17, 15) is 18.0 Å². The van der Waals surface area contributed by atoms with E-state index >= 15 is 0 Å². The predicted molar refractivity (Wildman–Crippen MR) is 133 cm³/mol. The topological polar surface area (TPSA) is 117 Å². The highest BCUT2D eigenvalue weighted by Crippen LogP contribution is 2.13. The van der Waals surface area contributed by atoms with Crippen LogP contribution in [-0.4, -0.2) is 64.2 Å². The Kier molecular flexibility index (Phi) is 9.20. The van der Waals surface area contributed by atoms with Gasteiger partial charge in [0.2, 0.25) is 21.8 Å². The molecule has 2 aromatic rings. The number of nitrogens with one attached hydrogen (secondary N) is 3. The molecule has 1 aliphatic heterocycles. The summed E-state index contributed by atoms with van der Waals surface area (Å²) in [4.78, 5) is 26.6. The number of carbonyl (C=O) groups is 2. The van der Waals surface area contributed by atoms with Gasteiger partial charge in [0.05, 0.1) is 19.5 Å². The van der Waals surface area contributed by atoms with Crippen molar-refractivity contribution in [2.45, 2.75) is 13.0 Å². The molecule has 3 N–H and O–H groups in total. The zero-order chi connectivity index (χ0) is 24.4. The van der Waals surface area contributed by atoms with Crippen LogP contribution >= 0.6 is 0 Å². The molecule has 1 fully saturated rings. The third-order valence-corrected chi connectivity index (χ3v) is 5.68. The molecule has 0 aromatic heterocycles. The smallest absolute Gasteiger partial charge is 0.244 e. The first-order valence-corrected chi connectivity index (χ1v) is 12.9. The minimum atomic E-state index is -3.33. The standard InChI is InChI=1S/C24H30N4O5S/c1-34(31,32)27-21-8-5-19(6-9-21)7-10-23(29)25-18-20-3-2-4-22(17-20)26-24(30)11-12-28-13-15-33-16-14-28/h2-10,17,27H,11-16,18H2,1H3,(H,25,29)(H,26,30). The van der Waals surface area contributed by atoms with Gasteiger partial charge in [0, 0.05) is 50.1 Å². The monoisotopic (exact) mass is 486 g/mol. The number of benzene rings is 2. The summed E-state index contributed by atoms with van der Waals surface area (Å²) in [6, 6.07) is 14.0. The molecule has 2 aromatic carbocycles. The van der Waals surface area contributed by atoms with Gasteiger partial charge in [-0.05, 0) is 41.5 Å². The van der Waals surface area contributed by atoms with E-state index in [1.165, 1.54) is 6.08 Å². The molecule has 182 valence electrons. The molecule has 1 saturated heterocycles. The lowest BCUT2D eigenvalue weighted by atomic mass is 10.2. The Morgan fingerprint density at radius 2 is 1.79 bits per heavy atom. The van der Waals surface area contributed by atoms with Crippen molar-refractivity contribution in [1.29, 1.82) is 0 Å². The molecular weight excluding hydrogens is 456 g/mol. The summed E-state index contributed by atoms with van der Waals surface area (Å²) in [5, 5.41) is 5.72. The van der Waals surface area contributed by atoms with E-state index in [-0.39, 0.29) is 11.8 Å². The number of carbonyl (C=O) groups excluding carboxylic acids is 2. The number of nitrogens with zero attached hydrogens (tertiary/aromatic N) is 1. The van der Waals surface area contributed by atoms with Crippen molar-refractivity contribution >= 4 is 39.3 Å². The van der Waals surface area contributed by atoms with Gasteiger partial charge in [-0.15, -0.1) is 0 Å². The normalized spacial score (nSPS) is 14.6. The lowest BCUT2D eigenvalue weighted by molar-refractivity contribution is -0.117. The number of sulfonamides is 1. The number of hydrogen-bond acceptors (Lipinski definition) is 6. The van der Waals surface area contributed by atoms with E-state index < -0.39 is 10.0 Å². The summed E-state index contributed by atoms with van der Waals surface area (Å²) >= 11 is 0. The molecular formula is C24H30N4O5S. The summed E-state index contributed by atoms with van der Waals surface area (Å²) in [5.41, 5.74) is 2.77. The fourth-order valence-electron chi connectivity index (χ4n) is 3.36. The molecule has 34 heavy (non-hydrogen) atoms. The van der Waals surface area contributed by atoms with Crippen LogP contribution in [0.1, 0.15) is 17.5 Å². The average molecular weight is 487 g/mol. The number of rotatable bonds is 10. The fourth-order valence-corrected chi connectivity index (χ4v) is 3.93. The average Bonchev–Trinajstić information content (AvgIpc) is 2.81. The second-order valence-electron chi connectivity index (χ2n) is 8.00. The second-order valence-corrected chi connectivity index (χ2v) is 9.75. The van der Waals surface area contributed by atoms with E-state index in [1.54, 1.807) is 30.3 Å². The number of anilines is 2. The van der Waals surface area contributed by atoms with Crippen LogP contribution < -0.4 is 15.4 Å². The van der Waals surface area contributed by atoms with Crippen LogP contribution in [0.2, 0.25) is 0 Å². The summed E-state index contributed by atoms with van der Waals surface area (Å²) in [5.74, 6) is -0.313. The molecule has 0 spiro atoms. The first-order valence-electron chi connectivity index (χ1n) is 11.0. The van der Waals surface area contributed by atoms with Crippen molar-refractivity contribution in [3.63, 3.8) is 0 Å². The maximum atomic E-state index is 12.3.